The zero-order chi connectivity index (χ0) is 11.7. The molecule has 80 valence electrons. The molecule has 0 saturated carbocycles. The van der Waals surface area contributed by atoms with Crippen molar-refractivity contribution in [2.45, 2.75) is 13.8 Å². The molecule has 0 heterocycles. The molecular formula is C10H10O5. The molecule has 1 rings (SSSR count). The lowest BCUT2D eigenvalue weighted by Crippen LogP contribution is -2.03. The van der Waals surface area contributed by atoms with Gasteiger partial charge in [0, 0.05) is 0 Å². The Morgan fingerprint density at radius 3 is 2.13 bits per heavy atom. The van der Waals surface area contributed by atoms with E-state index in [1.165, 1.54) is 19.9 Å². The summed E-state index contributed by atoms with van der Waals surface area (Å²) in [6.07, 6.45) is 0. The topological polar surface area (TPSA) is 94.8 Å². The summed E-state index contributed by atoms with van der Waals surface area (Å²) in [5.74, 6) is -3.16. The average Bonchev–Trinajstić information content (AvgIpc) is 2.10. The molecule has 5 nitrogen and oxygen atoms in total. The van der Waals surface area contributed by atoms with E-state index in [4.69, 9.17) is 5.11 Å². The number of carboxylic acid groups (broad SMARTS) is 1. The molecule has 5 heteroatoms. The van der Waals surface area contributed by atoms with Gasteiger partial charge in [-0.15, -0.1) is 0 Å². The van der Waals surface area contributed by atoms with Gasteiger partial charge >= 0.3 is 5.97 Å². The summed E-state index contributed by atoms with van der Waals surface area (Å²) >= 11 is 0. The van der Waals surface area contributed by atoms with E-state index in [1.807, 2.05) is 0 Å². The first-order valence-corrected chi connectivity index (χ1v) is 4.16. The summed E-state index contributed by atoms with van der Waals surface area (Å²) in [7, 11) is 0. The van der Waals surface area contributed by atoms with E-state index in [0.717, 1.165) is 0 Å². The summed E-state index contributed by atoms with van der Waals surface area (Å²) in [4.78, 5) is 21.8. The van der Waals surface area contributed by atoms with Crippen LogP contribution in [0.2, 0.25) is 0 Å². The molecular weight excluding hydrogens is 200 g/mol. The lowest BCUT2D eigenvalue weighted by Gasteiger charge is -2.09. The maximum absolute atomic E-state index is 11.1. The van der Waals surface area contributed by atoms with E-state index < -0.39 is 28.8 Å². The fourth-order valence-corrected chi connectivity index (χ4v) is 1.27. The molecule has 0 fully saturated rings. The van der Waals surface area contributed by atoms with Gasteiger partial charge in [0.1, 0.15) is 17.1 Å². The van der Waals surface area contributed by atoms with E-state index in [2.05, 4.69) is 0 Å². The predicted octanol–water partition coefficient (Wildman–Crippen LogP) is 1.31. The molecule has 15 heavy (non-hydrogen) atoms. The number of aromatic carboxylic acids is 1. The predicted molar refractivity (Wildman–Crippen MR) is 51.5 cm³/mol. The molecule has 0 saturated heterocycles. The molecule has 1 aromatic carbocycles. The molecule has 0 spiro atoms. The number of carboxylic acids is 1. The second kappa shape index (κ2) is 3.61. The van der Waals surface area contributed by atoms with E-state index in [1.54, 1.807) is 0 Å². The normalized spacial score (nSPS) is 10.0. The highest BCUT2D eigenvalue weighted by atomic mass is 16.4. The van der Waals surface area contributed by atoms with Crippen LogP contribution in [0.5, 0.6) is 11.5 Å². The number of carbonyl (C=O) groups excluding carboxylic acids is 1. The van der Waals surface area contributed by atoms with Gasteiger partial charge < -0.3 is 15.3 Å². The van der Waals surface area contributed by atoms with E-state index >= 15 is 0 Å². The van der Waals surface area contributed by atoms with Crippen molar-refractivity contribution in [2.24, 2.45) is 0 Å². The molecule has 0 radical (unpaired) electrons. The van der Waals surface area contributed by atoms with Crippen LogP contribution in [0.15, 0.2) is 6.07 Å². The summed E-state index contributed by atoms with van der Waals surface area (Å²) in [6.45, 7) is 2.66. The summed E-state index contributed by atoms with van der Waals surface area (Å²) in [6, 6.07) is 1.25. The number of ketones is 1. The zero-order valence-corrected chi connectivity index (χ0v) is 8.24. The molecule has 1 aromatic rings. The van der Waals surface area contributed by atoms with Gasteiger partial charge in [-0.2, -0.15) is 0 Å². The molecule has 0 aliphatic carbocycles. The first kappa shape index (κ1) is 11.0. The highest BCUT2D eigenvalue weighted by Crippen LogP contribution is 2.33. The standard InChI is InChI=1S/C10H10O5/c1-4-3-6(5(2)11)9(13)7(8(4)12)10(14)15/h3,12-13H,1-2H3,(H,14,15). The summed E-state index contributed by atoms with van der Waals surface area (Å²) in [5, 5.41) is 27.6. The highest BCUT2D eigenvalue weighted by molar-refractivity contribution is 6.03. The van der Waals surface area contributed by atoms with E-state index in [0.29, 0.717) is 0 Å². The number of aryl methyl sites for hydroxylation is 1. The van der Waals surface area contributed by atoms with Crippen molar-refractivity contribution in [1.29, 1.82) is 0 Å². The van der Waals surface area contributed by atoms with Crippen molar-refractivity contribution in [2.75, 3.05) is 0 Å². The van der Waals surface area contributed by atoms with E-state index in [9.17, 15) is 19.8 Å². The molecule has 0 aliphatic heterocycles. The molecule has 0 atom stereocenters. The first-order valence-electron chi connectivity index (χ1n) is 4.16. The fraction of sp³-hybridized carbons (Fsp3) is 0.200. The van der Waals surface area contributed by atoms with E-state index in [-0.39, 0.29) is 11.1 Å². The van der Waals surface area contributed by atoms with Gasteiger partial charge in [0.2, 0.25) is 0 Å². The second-order valence-electron chi connectivity index (χ2n) is 3.17. The van der Waals surface area contributed by atoms with Crippen molar-refractivity contribution in [1.82, 2.24) is 0 Å². The van der Waals surface area contributed by atoms with Crippen molar-refractivity contribution in [3.05, 3.63) is 22.8 Å². The van der Waals surface area contributed by atoms with Crippen LogP contribution >= 0.6 is 0 Å². The first-order chi connectivity index (χ1) is 6.86. The second-order valence-corrected chi connectivity index (χ2v) is 3.17. The van der Waals surface area contributed by atoms with Crippen LogP contribution in [0, 0.1) is 6.92 Å². The van der Waals surface area contributed by atoms with Crippen molar-refractivity contribution in [3.63, 3.8) is 0 Å². The zero-order valence-electron chi connectivity index (χ0n) is 8.24. The smallest absolute Gasteiger partial charge is 0.343 e. The molecule has 0 bridgehead atoms. The van der Waals surface area contributed by atoms with Crippen LogP contribution in [0.25, 0.3) is 0 Å². The number of hydrogen-bond acceptors (Lipinski definition) is 4. The Kier molecular flexibility index (Phi) is 2.65. The number of carbonyl (C=O) groups is 2. The molecule has 0 amide bonds. The van der Waals surface area contributed by atoms with Crippen LogP contribution in [0.3, 0.4) is 0 Å². The maximum Gasteiger partial charge on any atom is 0.343 e. The molecule has 0 aliphatic rings. The van der Waals surface area contributed by atoms with Gasteiger partial charge in [-0.3, -0.25) is 4.79 Å². The Labute approximate surface area is 85.6 Å². The third-order valence-electron chi connectivity index (χ3n) is 2.06. The Morgan fingerprint density at radius 2 is 1.73 bits per heavy atom. The van der Waals surface area contributed by atoms with Gasteiger partial charge in [0.25, 0.3) is 0 Å². The van der Waals surface area contributed by atoms with Gasteiger partial charge in [-0.05, 0) is 25.5 Å². The number of Topliss-reactive ketones (excluding diaryl/α,β-unsaturated/α-hetero) is 1. The number of rotatable bonds is 2. The Hall–Kier alpha value is -2.04. The fourth-order valence-electron chi connectivity index (χ4n) is 1.27. The van der Waals surface area contributed by atoms with Crippen LogP contribution in [0.4, 0.5) is 0 Å². The molecule has 0 unspecified atom stereocenters. The van der Waals surface area contributed by atoms with Crippen LogP contribution in [-0.2, 0) is 0 Å². The Morgan fingerprint density at radius 1 is 1.20 bits per heavy atom. The van der Waals surface area contributed by atoms with Crippen LogP contribution in [0.1, 0.15) is 33.2 Å². The minimum absolute atomic E-state index is 0.109. The summed E-state index contributed by atoms with van der Waals surface area (Å²) in [5.41, 5.74) is -0.515. The largest absolute Gasteiger partial charge is 0.507 e. The van der Waals surface area contributed by atoms with Gasteiger partial charge in [-0.1, -0.05) is 0 Å². The lowest BCUT2D eigenvalue weighted by atomic mass is 10.0. The monoisotopic (exact) mass is 210 g/mol. The van der Waals surface area contributed by atoms with Crippen molar-refractivity contribution in [3.8, 4) is 11.5 Å². The summed E-state index contributed by atoms with van der Waals surface area (Å²) < 4.78 is 0. The van der Waals surface area contributed by atoms with Crippen LogP contribution in [-0.4, -0.2) is 27.1 Å². The third-order valence-corrected chi connectivity index (χ3v) is 2.06. The number of hydrogen-bond donors (Lipinski definition) is 3. The minimum Gasteiger partial charge on any atom is -0.507 e. The third kappa shape index (κ3) is 1.76. The Balaban J connectivity index is 3.63. The Bertz CT molecular complexity index is 448. The minimum atomic E-state index is -1.48. The van der Waals surface area contributed by atoms with Crippen LogP contribution < -0.4 is 0 Å². The quantitative estimate of drug-likeness (QED) is 0.639. The number of aromatic hydroxyl groups is 2. The molecule has 0 aromatic heterocycles. The molecule has 3 N–H and O–H groups in total. The van der Waals surface area contributed by atoms with Gasteiger partial charge in [-0.25, -0.2) is 4.79 Å². The van der Waals surface area contributed by atoms with Crippen molar-refractivity contribution >= 4 is 11.8 Å². The van der Waals surface area contributed by atoms with Crippen molar-refractivity contribution < 1.29 is 24.9 Å². The van der Waals surface area contributed by atoms with Gasteiger partial charge in [0.05, 0.1) is 5.56 Å². The average molecular weight is 210 g/mol. The lowest BCUT2D eigenvalue weighted by molar-refractivity contribution is 0.0690. The number of benzene rings is 1. The van der Waals surface area contributed by atoms with Gasteiger partial charge in [0.15, 0.2) is 5.78 Å². The highest BCUT2D eigenvalue weighted by Gasteiger charge is 2.22. The number of phenols is 2. The maximum atomic E-state index is 11.1. The SMILES string of the molecule is CC(=O)c1cc(C)c(O)c(C(=O)O)c1O.